The van der Waals surface area contributed by atoms with Crippen LogP contribution in [0.4, 0.5) is 0 Å². The minimum absolute atomic E-state index is 0.204. The van der Waals surface area contributed by atoms with Crippen LogP contribution in [0.5, 0.6) is 0 Å². The van der Waals surface area contributed by atoms with Crippen molar-refractivity contribution in [2.24, 2.45) is 5.84 Å². The second kappa shape index (κ2) is 5.31. The number of nitrogens with zero attached hydrogens (tertiary/aromatic N) is 1. The molecule has 2 heterocycles. The van der Waals surface area contributed by atoms with E-state index < -0.39 is 0 Å². The summed E-state index contributed by atoms with van der Waals surface area (Å²) < 4.78 is 6.02. The number of furan rings is 1. The second-order valence-corrected chi connectivity index (χ2v) is 5.37. The normalized spacial score (nSPS) is 12.8. The maximum absolute atomic E-state index is 6.02. The van der Waals surface area contributed by atoms with E-state index in [1.54, 1.807) is 0 Å². The summed E-state index contributed by atoms with van der Waals surface area (Å²) in [7, 11) is 0. The number of aryl methyl sites for hydroxylation is 3. The van der Waals surface area contributed by atoms with Gasteiger partial charge in [0, 0.05) is 16.8 Å². The molecule has 0 saturated heterocycles. The van der Waals surface area contributed by atoms with Gasteiger partial charge in [-0.25, -0.2) is 5.43 Å². The van der Waals surface area contributed by atoms with Gasteiger partial charge < -0.3 is 4.42 Å². The average molecular weight is 281 g/mol. The quantitative estimate of drug-likeness (QED) is 0.571. The first-order valence-electron chi connectivity index (χ1n) is 6.99. The van der Waals surface area contributed by atoms with Gasteiger partial charge in [-0.3, -0.25) is 10.8 Å². The molecular formula is C17H19N3O. The highest BCUT2D eigenvalue weighted by molar-refractivity contribution is 5.81. The summed E-state index contributed by atoms with van der Waals surface area (Å²) >= 11 is 0. The molecule has 1 aromatic carbocycles. The molecule has 3 N–H and O–H groups in total. The van der Waals surface area contributed by atoms with Crippen molar-refractivity contribution in [2.45, 2.75) is 26.8 Å². The van der Waals surface area contributed by atoms with E-state index >= 15 is 0 Å². The van der Waals surface area contributed by atoms with E-state index in [0.717, 1.165) is 39.2 Å². The zero-order valence-corrected chi connectivity index (χ0v) is 12.5. The number of nitrogens with one attached hydrogen (secondary N) is 1. The van der Waals surface area contributed by atoms with E-state index in [4.69, 9.17) is 10.3 Å². The van der Waals surface area contributed by atoms with Gasteiger partial charge in [-0.2, -0.15) is 0 Å². The molecule has 1 atom stereocenters. The van der Waals surface area contributed by atoms with Crippen LogP contribution in [0.1, 0.15) is 34.3 Å². The first kappa shape index (κ1) is 13.8. The Balaban J connectivity index is 2.11. The maximum Gasteiger partial charge on any atom is 0.137 e. The Morgan fingerprint density at radius 3 is 2.62 bits per heavy atom. The maximum atomic E-state index is 6.02. The lowest BCUT2D eigenvalue weighted by Gasteiger charge is -2.16. The Morgan fingerprint density at radius 1 is 1.14 bits per heavy atom. The third kappa shape index (κ3) is 2.44. The van der Waals surface area contributed by atoms with Crippen molar-refractivity contribution in [1.29, 1.82) is 0 Å². The molecule has 0 amide bonds. The molecule has 0 saturated carbocycles. The highest BCUT2D eigenvalue weighted by Gasteiger charge is 2.20. The largest absolute Gasteiger partial charge is 0.459 e. The molecule has 0 aliphatic carbocycles. The van der Waals surface area contributed by atoms with Crippen LogP contribution >= 0.6 is 0 Å². The lowest BCUT2D eigenvalue weighted by Crippen LogP contribution is -2.29. The van der Waals surface area contributed by atoms with E-state index in [9.17, 15) is 0 Å². The van der Waals surface area contributed by atoms with Gasteiger partial charge in [-0.1, -0.05) is 24.3 Å². The number of nitrogens with two attached hydrogens (primary N) is 1. The second-order valence-electron chi connectivity index (χ2n) is 5.37. The Labute approximate surface area is 124 Å². The van der Waals surface area contributed by atoms with Gasteiger partial charge in [0.2, 0.25) is 0 Å². The van der Waals surface area contributed by atoms with Crippen LogP contribution in [0, 0.1) is 20.8 Å². The van der Waals surface area contributed by atoms with Crippen LogP contribution in [0.2, 0.25) is 0 Å². The topological polar surface area (TPSA) is 64.1 Å². The van der Waals surface area contributed by atoms with Gasteiger partial charge in [-0.15, -0.1) is 0 Å². The minimum Gasteiger partial charge on any atom is -0.459 e. The number of aromatic nitrogens is 1. The Hall–Kier alpha value is -2.17. The fraction of sp³-hybridized carbons (Fsp3) is 0.235. The number of hydrogen-bond donors (Lipinski definition) is 2. The van der Waals surface area contributed by atoms with Crippen molar-refractivity contribution in [3.05, 3.63) is 64.7 Å². The SMILES string of the molecule is Cc1ccc(C(NN)c2cc3cccc(C)c3o2)c(C)n1. The van der Waals surface area contributed by atoms with E-state index in [2.05, 4.69) is 10.4 Å². The summed E-state index contributed by atoms with van der Waals surface area (Å²) in [5.74, 6) is 6.57. The molecule has 3 aromatic rings. The van der Waals surface area contributed by atoms with E-state index in [1.807, 2.05) is 57.2 Å². The fourth-order valence-corrected chi connectivity index (χ4v) is 2.70. The lowest BCUT2D eigenvalue weighted by atomic mass is 10.0. The van der Waals surface area contributed by atoms with Gasteiger partial charge in [0.05, 0.1) is 0 Å². The van der Waals surface area contributed by atoms with Crippen LogP contribution in [-0.4, -0.2) is 4.98 Å². The lowest BCUT2D eigenvalue weighted by molar-refractivity contribution is 0.474. The van der Waals surface area contributed by atoms with Gasteiger partial charge in [0.1, 0.15) is 17.4 Å². The van der Waals surface area contributed by atoms with Crippen molar-refractivity contribution in [1.82, 2.24) is 10.4 Å². The molecule has 4 heteroatoms. The number of pyridine rings is 1. The number of hydrogen-bond acceptors (Lipinski definition) is 4. The van der Waals surface area contributed by atoms with Gasteiger partial charge in [0.15, 0.2) is 0 Å². The third-order valence-corrected chi connectivity index (χ3v) is 3.79. The Morgan fingerprint density at radius 2 is 1.95 bits per heavy atom. The predicted molar refractivity (Wildman–Crippen MR) is 83.8 cm³/mol. The van der Waals surface area contributed by atoms with Crippen LogP contribution < -0.4 is 11.3 Å². The summed E-state index contributed by atoms with van der Waals surface area (Å²) in [5.41, 5.74) is 7.84. The third-order valence-electron chi connectivity index (χ3n) is 3.79. The van der Waals surface area contributed by atoms with Crippen molar-refractivity contribution in [3.63, 3.8) is 0 Å². The molecule has 3 rings (SSSR count). The Kier molecular flexibility index (Phi) is 3.49. The van der Waals surface area contributed by atoms with Crippen LogP contribution in [0.15, 0.2) is 40.8 Å². The molecule has 1 unspecified atom stereocenters. The number of hydrazine groups is 1. The highest BCUT2D eigenvalue weighted by Crippen LogP contribution is 2.30. The van der Waals surface area contributed by atoms with Gasteiger partial charge >= 0.3 is 0 Å². The monoisotopic (exact) mass is 281 g/mol. The molecule has 0 radical (unpaired) electrons. The molecule has 0 aliphatic rings. The zero-order valence-electron chi connectivity index (χ0n) is 12.5. The smallest absolute Gasteiger partial charge is 0.137 e. The van der Waals surface area contributed by atoms with Crippen LogP contribution in [0.3, 0.4) is 0 Å². The summed E-state index contributed by atoms with van der Waals surface area (Å²) in [6, 6.07) is 12.0. The van der Waals surface area contributed by atoms with Gasteiger partial charge in [0.25, 0.3) is 0 Å². The van der Waals surface area contributed by atoms with E-state index in [0.29, 0.717) is 0 Å². The summed E-state index contributed by atoms with van der Waals surface area (Å²) in [4.78, 5) is 4.50. The molecule has 0 spiro atoms. The molecule has 4 nitrogen and oxygen atoms in total. The minimum atomic E-state index is -0.204. The fourth-order valence-electron chi connectivity index (χ4n) is 2.70. The molecule has 0 fully saturated rings. The van der Waals surface area contributed by atoms with E-state index in [-0.39, 0.29) is 6.04 Å². The van der Waals surface area contributed by atoms with Crippen molar-refractivity contribution in [2.75, 3.05) is 0 Å². The standard InChI is InChI=1S/C17H19N3O/c1-10-5-4-6-13-9-15(21-17(10)13)16(20-18)14-8-7-11(2)19-12(14)3/h4-9,16,20H,18H2,1-3H3. The zero-order chi connectivity index (χ0) is 15.0. The molecule has 21 heavy (non-hydrogen) atoms. The Bertz CT molecular complexity index is 792. The summed E-state index contributed by atoms with van der Waals surface area (Å²) in [5, 5.41) is 1.09. The van der Waals surface area contributed by atoms with Crippen LogP contribution in [-0.2, 0) is 0 Å². The predicted octanol–water partition coefficient (Wildman–Crippen LogP) is 3.31. The number of para-hydroxylation sites is 1. The molecular weight excluding hydrogens is 262 g/mol. The summed E-state index contributed by atoms with van der Waals surface area (Å²) in [6.45, 7) is 6.01. The number of fused-ring (bicyclic) bond motifs is 1. The molecule has 108 valence electrons. The molecule has 0 aliphatic heterocycles. The van der Waals surface area contributed by atoms with Crippen LogP contribution in [0.25, 0.3) is 11.0 Å². The summed E-state index contributed by atoms with van der Waals surface area (Å²) in [6.07, 6.45) is 0. The number of rotatable bonds is 3. The highest BCUT2D eigenvalue weighted by atomic mass is 16.3. The van der Waals surface area contributed by atoms with Crippen molar-refractivity contribution < 1.29 is 4.42 Å². The molecule has 2 aromatic heterocycles. The number of benzene rings is 1. The van der Waals surface area contributed by atoms with Crippen molar-refractivity contribution in [3.8, 4) is 0 Å². The average Bonchev–Trinajstić information content (AvgIpc) is 2.87. The van der Waals surface area contributed by atoms with Crippen molar-refractivity contribution >= 4 is 11.0 Å². The molecule has 0 bridgehead atoms. The van der Waals surface area contributed by atoms with Gasteiger partial charge in [-0.05, 0) is 44.0 Å². The first-order chi connectivity index (χ1) is 10.1. The van der Waals surface area contributed by atoms with E-state index in [1.165, 1.54) is 0 Å². The first-order valence-corrected chi connectivity index (χ1v) is 6.99.